The molecule has 0 saturated carbocycles. The molecular formula is C12H16ClN3O3S. The molecule has 0 bridgehead atoms. The zero-order valence-electron chi connectivity index (χ0n) is 11.0. The summed E-state index contributed by atoms with van der Waals surface area (Å²) >= 11 is 5.81. The van der Waals surface area contributed by atoms with Crippen LogP contribution in [0.4, 0.5) is 0 Å². The maximum absolute atomic E-state index is 12.1. The van der Waals surface area contributed by atoms with Crippen LogP contribution >= 0.6 is 11.6 Å². The van der Waals surface area contributed by atoms with Crippen molar-refractivity contribution < 1.29 is 13.2 Å². The first-order valence-electron chi connectivity index (χ1n) is 5.91. The van der Waals surface area contributed by atoms with Crippen LogP contribution in [0.1, 0.15) is 5.56 Å². The fourth-order valence-electron chi connectivity index (χ4n) is 1.49. The molecule has 1 aromatic rings. The van der Waals surface area contributed by atoms with E-state index in [9.17, 15) is 8.42 Å². The van der Waals surface area contributed by atoms with E-state index in [0.29, 0.717) is 19.7 Å². The highest BCUT2D eigenvalue weighted by Gasteiger charge is 2.19. The van der Waals surface area contributed by atoms with Gasteiger partial charge < -0.3 is 10.1 Å². The minimum Gasteiger partial charge on any atom is -0.383 e. The zero-order chi connectivity index (χ0) is 15.0. The van der Waals surface area contributed by atoms with E-state index < -0.39 is 10.0 Å². The summed E-state index contributed by atoms with van der Waals surface area (Å²) in [5.41, 5.74) is -0.0472. The fraction of sp³-hybridized carbons (Fsp3) is 0.417. The molecule has 6 nitrogen and oxygen atoms in total. The van der Waals surface area contributed by atoms with E-state index in [1.54, 1.807) is 13.2 Å². The van der Waals surface area contributed by atoms with Crippen LogP contribution in [0.3, 0.4) is 0 Å². The molecule has 0 spiro atoms. The van der Waals surface area contributed by atoms with Gasteiger partial charge in [0, 0.05) is 26.7 Å². The monoisotopic (exact) mass is 317 g/mol. The lowest BCUT2D eigenvalue weighted by atomic mass is 10.2. The Kier molecular flexibility index (Phi) is 6.91. The number of sulfonamides is 1. The van der Waals surface area contributed by atoms with Gasteiger partial charge in [0.15, 0.2) is 0 Å². The average molecular weight is 318 g/mol. The van der Waals surface area contributed by atoms with Gasteiger partial charge in [-0.15, -0.1) is 0 Å². The highest BCUT2D eigenvalue weighted by molar-refractivity contribution is 7.89. The SMILES string of the molecule is COCCNCCNS(=O)(=O)c1cccc(Cl)c1C#N. The van der Waals surface area contributed by atoms with Gasteiger partial charge in [-0.2, -0.15) is 5.26 Å². The Hall–Kier alpha value is -1.17. The Morgan fingerprint density at radius 1 is 1.35 bits per heavy atom. The fourth-order valence-corrected chi connectivity index (χ4v) is 2.97. The van der Waals surface area contributed by atoms with Gasteiger partial charge in [-0.1, -0.05) is 17.7 Å². The Morgan fingerprint density at radius 3 is 2.75 bits per heavy atom. The van der Waals surface area contributed by atoms with Crippen LogP contribution in [0.5, 0.6) is 0 Å². The van der Waals surface area contributed by atoms with Gasteiger partial charge in [0.1, 0.15) is 11.0 Å². The molecule has 1 aromatic carbocycles. The number of benzene rings is 1. The quantitative estimate of drug-likeness (QED) is 0.690. The van der Waals surface area contributed by atoms with Gasteiger partial charge in [0.05, 0.1) is 17.2 Å². The first kappa shape index (κ1) is 16.9. The Balaban J connectivity index is 2.66. The maximum Gasteiger partial charge on any atom is 0.241 e. The molecule has 0 unspecified atom stereocenters. The third-order valence-corrected chi connectivity index (χ3v) is 4.27. The second kappa shape index (κ2) is 8.19. The summed E-state index contributed by atoms with van der Waals surface area (Å²) in [5.74, 6) is 0. The molecule has 0 aromatic heterocycles. The van der Waals surface area contributed by atoms with Crippen LogP contribution in [-0.4, -0.2) is 41.8 Å². The molecule has 0 fully saturated rings. The number of nitrogens with zero attached hydrogens (tertiary/aromatic N) is 1. The maximum atomic E-state index is 12.1. The summed E-state index contributed by atoms with van der Waals surface area (Å²) in [6.07, 6.45) is 0. The van der Waals surface area contributed by atoms with Crippen molar-refractivity contribution in [2.75, 3.05) is 33.4 Å². The lowest BCUT2D eigenvalue weighted by molar-refractivity contribution is 0.199. The highest BCUT2D eigenvalue weighted by atomic mass is 35.5. The van der Waals surface area contributed by atoms with Gasteiger partial charge in [-0.05, 0) is 12.1 Å². The predicted octanol–water partition coefficient (Wildman–Crippen LogP) is 0.726. The van der Waals surface area contributed by atoms with Crippen molar-refractivity contribution >= 4 is 21.6 Å². The van der Waals surface area contributed by atoms with Crippen molar-refractivity contribution in [2.45, 2.75) is 4.90 Å². The predicted molar refractivity (Wildman–Crippen MR) is 76.1 cm³/mol. The van der Waals surface area contributed by atoms with E-state index in [1.165, 1.54) is 18.2 Å². The number of ether oxygens (including phenoxy) is 1. The van der Waals surface area contributed by atoms with Crippen LogP contribution in [-0.2, 0) is 14.8 Å². The minimum atomic E-state index is -3.75. The van der Waals surface area contributed by atoms with Crippen molar-refractivity contribution in [1.82, 2.24) is 10.0 Å². The molecule has 2 N–H and O–H groups in total. The van der Waals surface area contributed by atoms with E-state index >= 15 is 0 Å². The Morgan fingerprint density at radius 2 is 2.10 bits per heavy atom. The van der Waals surface area contributed by atoms with Gasteiger partial charge in [-0.25, -0.2) is 13.1 Å². The van der Waals surface area contributed by atoms with Crippen LogP contribution in [0.25, 0.3) is 0 Å². The van der Waals surface area contributed by atoms with Crippen LogP contribution < -0.4 is 10.0 Å². The van der Waals surface area contributed by atoms with Crippen molar-refractivity contribution in [2.24, 2.45) is 0 Å². The van der Waals surface area contributed by atoms with Crippen molar-refractivity contribution in [3.05, 3.63) is 28.8 Å². The lowest BCUT2D eigenvalue weighted by Gasteiger charge is -2.09. The van der Waals surface area contributed by atoms with Crippen molar-refractivity contribution in [1.29, 1.82) is 5.26 Å². The van der Waals surface area contributed by atoms with Gasteiger partial charge in [0.25, 0.3) is 0 Å². The van der Waals surface area contributed by atoms with Crippen molar-refractivity contribution in [3.8, 4) is 6.07 Å². The summed E-state index contributed by atoms with van der Waals surface area (Å²) in [6, 6.07) is 6.13. The number of rotatable bonds is 8. The second-order valence-corrected chi connectivity index (χ2v) is 6.01. The average Bonchev–Trinajstić information content (AvgIpc) is 2.42. The van der Waals surface area contributed by atoms with Gasteiger partial charge in [0.2, 0.25) is 10.0 Å². The molecule has 1 rings (SSSR count). The normalized spacial score (nSPS) is 11.2. The number of hydrogen-bond donors (Lipinski definition) is 2. The summed E-state index contributed by atoms with van der Waals surface area (Å²) in [5, 5.41) is 12.1. The number of methoxy groups -OCH3 is 1. The molecule has 0 radical (unpaired) electrons. The molecule has 110 valence electrons. The molecule has 0 heterocycles. The molecule has 0 atom stereocenters. The van der Waals surface area contributed by atoms with Crippen LogP contribution in [0.15, 0.2) is 23.1 Å². The summed E-state index contributed by atoms with van der Waals surface area (Å²) in [7, 11) is -2.16. The molecule has 8 heteroatoms. The summed E-state index contributed by atoms with van der Waals surface area (Å²) < 4.78 is 31.4. The van der Waals surface area contributed by atoms with E-state index in [0.717, 1.165) is 0 Å². The molecule has 20 heavy (non-hydrogen) atoms. The molecule has 0 aliphatic rings. The third kappa shape index (κ3) is 4.74. The molecular weight excluding hydrogens is 302 g/mol. The largest absolute Gasteiger partial charge is 0.383 e. The Labute approximate surface area is 123 Å². The molecule has 0 saturated heterocycles. The Bertz CT molecular complexity index is 584. The standard InChI is InChI=1S/C12H16ClN3O3S/c1-19-8-7-15-5-6-16-20(17,18)12-4-2-3-11(13)10(12)9-14/h2-4,15-16H,5-8H2,1H3. The molecule has 0 amide bonds. The van der Waals surface area contributed by atoms with E-state index in [2.05, 4.69) is 10.0 Å². The van der Waals surface area contributed by atoms with Crippen LogP contribution in [0.2, 0.25) is 5.02 Å². The van der Waals surface area contributed by atoms with Gasteiger partial charge in [-0.3, -0.25) is 0 Å². The minimum absolute atomic E-state index is 0.0472. The summed E-state index contributed by atoms with van der Waals surface area (Å²) in [4.78, 5) is -0.107. The third-order valence-electron chi connectivity index (χ3n) is 2.45. The lowest BCUT2D eigenvalue weighted by Crippen LogP contribution is -2.33. The van der Waals surface area contributed by atoms with E-state index in [1.807, 2.05) is 0 Å². The topological polar surface area (TPSA) is 91.2 Å². The van der Waals surface area contributed by atoms with E-state index in [-0.39, 0.29) is 22.0 Å². The number of nitrogens with one attached hydrogen (secondary N) is 2. The number of nitriles is 1. The highest BCUT2D eigenvalue weighted by Crippen LogP contribution is 2.22. The first-order valence-corrected chi connectivity index (χ1v) is 7.77. The molecule has 0 aliphatic carbocycles. The number of halogens is 1. The van der Waals surface area contributed by atoms with E-state index in [4.69, 9.17) is 21.6 Å². The van der Waals surface area contributed by atoms with Crippen LogP contribution in [0, 0.1) is 11.3 Å². The summed E-state index contributed by atoms with van der Waals surface area (Å²) in [6.45, 7) is 1.87. The zero-order valence-corrected chi connectivity index (χ0v) is 12.6. The number of hydrogen-bond acceptors (Lipinski definition) is 5. The van der Waals surface area contributed by atoms with Gasteiger partial charge >= 0.3 is 0 Å². The smallest absolute Gasteiger partial charge is 0.241 e. The second-order valence-electron chi connectivity index (χ2n) is 3.87. The molecule has 0 aliphatic heterocycles. The van der Waals surface area contributed by atoms with Crippen molar-refractivity contribution in [3.63, 3.8) is 0 Å². The first-order chi connectivity index (χ1) is 9.53.